The van der Waals surface area contributed by atoms with E-state index < -0.39 is 17.9 Å². The third-order valence-corrected chi connectivity index (χ3v) is 9.03. The molecule has 44 heavy (non-hydrogen) atoms. The normalized spacial score (nSPS) is 20.8. The first-order valence-corrected chi connectivity index (χ1v) is 14.9. The molecule has 0 radical (unpaired) electrons. The highest BCUT2D eigenvalue weighted by molar-refractivity contribution is 6.35. The minimum Gasteiger partial charge on any atom is -0.508 e. The van der Waals surface area contributed by atoms with Crippen LogP contribution >= 0.6 is 11.6 Å². The number of halogens is 2. The van der Waals surface area contributed by atoms with E-state index in [1.54, 1.807) is 12.1 Å². The topological polar surface area (TPSA) is 132 Å². The highest BCUT2D eigenvalue weighted by Gasteiger charge is 2.33. The third kappa shape index (κ3) is 5.51. The number of carbonyl (C=O) groups is 1. The monoisotopic (exact) mass is 617 g/mol. The zero-order valence-corrected chi connectivity index (χ0v) is 25.3. The fourth-order valence-corrected chi connectivity index (χ4v) is 6.82. The average molecular weight is 618 g/mol. The van der Waals surface area contributed by atoms with Crippen molar-refractivity contribution in [1.29, 1.82) is 5.26 Å². The van der Waals surface area contributed by atoms with Gasteiger partial charge in [-0.1, -0.05) is 42.8 Å². The van der Waals surface area contributed by atoms with Crippen LogP contribution < -0.4 is 15.4 Å². The summed E-state index contributed by atoms with van der Waals surface area (Å²) >= 11 is 6.82. The van der Waals surface area contributed by atoms with Gasteiger partial charge in [0.25, 0.3) is 0 Å². The maximum absolute atomic E-state index is 16.8. The number of hydrogen-bond donors (Lipinski definition) is 2. The van der Waals surface area contributed by atoms with Crippen LogP contribution in [0.3, 0.4) is 0 Å². The molecule has 12 heteroatoms. The number of fused-ring (bicyclic) bond motifs is 2. The van der Waals surface area contributed by atoms with E-state index >= 15 is 4.39 Å². The number of phenolic OH excluding ortho intramolecular Hbond substituents is 1. The fourth-order valence-electron chi connectivity index (χ4n) is 6.53. The standard InChI is InChI=1S/C32H33ClFN7O3/c1-18-14-39(2)15-20(18)17-44-32-37-29-25(30(38-32)40-9-10-41(31(36)43)21(16-40)7-8-35)13-26(33)27(28(29)34)24-12-22(42)11-19-5-3-4-6-23(19)24/h3-6,11-13,18,20-21,42H,7,9-10,14-17H2,1-2H3,(H2,36,43)/t18?,20-,21-/m0/s1. The fraction of sp³-hybridized carbons (Fsp3) is 0.375. The van der Waals surface area contributed by atoms with Crippen LogP contribution in [-0.4, -0.2) is 83.3 Å². The zero-order valence-electron chi connectivity index (χ0n) is 24.5. The lowest BCUT2D eigenvalue weighted by atomic mass is 9.96. The molecule has 2 aliphatic heterocycles. The van der Waals surface area contributed by atoms with Gasteiger partial charge in [-0.05, 0) is 47.5 Å². The number of nitrogens with two attached hydrogens (primary N) is 1. The number of aromatic hydroxyl groups is 1. The van der Waals surface area contributed by atoms with Gasteiger partial charge >= 0.3 is 12.0 Å². The summed E-state index contributed by atoms with van der Waals surface area (Å²) < 4.78 is 22.9. The molecule has 2 saturated heterocycles. The van der Waals surface area contributed by atoms with Gasteiger partial charge in [0.15, 0.2) is 5.82 Å². The summed E-state index contributed by atoms with van der Waals surface area (Å²) in [4.78, 5) is 27.0. The molecule has 0 spiro atoms. The summed E-state index contributed by atoms with van der Waals surface area (Å²) in [5, 5.41) is 21.9. The SMILES string of the molecule is CC1CN(C)C[C@H]1COc1nc(N2CCN(C(N)=O)[C@@H](CC#N)C2)c2cc(Cl)c(-c3cc(O)cc4ccccc34)c(F)c2n1. The smallest absolute Gasteiger partial charge is 0.319 e. The molecular weight excluding hydrogens is 585 g/mol. The van der Waals surface area contributed by atoms with Gasteiger partial charge in [-0.25, -0.2) is 9.18 Å². The molecule has 2 fully saturated rings. The Morgan fingerprint density at radius 3 is 2.70 bits per heavy atom. The van der Waals surface area contributed by atoms with Crippen molar-refractivity contribution in [3.8, 4) is 29.0 Å². The number of likely N-dealkylation sites (tertiary alicyclic amines) is 1. The predicted octanol–water partition coefficient (Wildman–Crippen LogP) is 5.01. The molecule has 3 atom stereocenters. The van der Waals surface area contributed by atoms with Crippen molar-refractivity contribution in [2.45, 2.75) is 19.4 Å². The summed E-state index contributed by atoms with van der Waals surface area (Å²) in [5.74, 6) is 0.367. The van der Waals surface area contributed by atoms with Gasteiger partial charge in [-0.15, -0.1) is 0 Å². The van der Waals surface area contributed by atoms with Crippen LogP contribution in [-0.2, 0) is 0 Å². The Bertz CT molecular complexity index is 1800. The minimum atomic E-state index is -0.671. The first kappa shape index (κ1) is 29.7. The van der Waals surface area contributed by atoms with Gasteiger partial charge in [-0.3, -0.25) is 0 Å². The second-order valence-corrected chi connectivity index (χ2v) is 12.2. The number of nitrogens with zero attached hydrogens (tertiary/aromatic N) is 6. The number of anilines is 1. The van der Waals surface area contributed by atoms with Crippen LogP contribution in [0.5, 0.6) is 11.8 Å². The van der Waals surface area contributed by atoms with Crippen LogP contribution in [0.15, 0.2) is 42.5 Å². The van der Waals surface area contributed by atoms with E-state index in [9.17, 15) is 15.2 Å². The van der Waals surface area contributed by atoms with E-state index in [1.165, 1.54) is 11.0 Å². The molecule has 3 N–H and O–H groups in total. The molecule has 1 aromatic heterocycles. The molecule has 228 valence electrons. The largest absolute Gasteiger partial charge is 0.508 e. The predicted molar refractivity (Wildman–Crippen MR) is 167 cm³/mol. The maximum Gasteiger partial charge on any atom is 0.319 e. The van der Waals surface area contributed by atoms with Gasteiger partial charge in [0.1, 0.15) is 17.1 Å². The molecular formula is C32H33ClFN7O3. The van der Waals surface area contributed by atoms with Gasteiger partial charge in [-0.2, -0.15) is 15.2 Å². The van der Waals surface area contributed by atoms with Crippen molar-refractivity contribution in [3.63, 3.8) is 0 Å². The number of phenols is 1. The Morgan fingerprint density at radius 1 is 1.18 bits per heavy atom. The Labute approximate surface area is 259 Å². The van der Waals surface area contributed by atoms with Gasteiger partial charge < -0.3 is 30.3 Å². The van der Waals surface area contributed by atoms with E-state index in [2.05, 4.69) is 29.9 Å². The molecule has 3 aromatic carbocycles. The molecule has 1 unspecified atom stereocenters. The molecule has 4 aromatic rings. The van der Waals surface area contributed by atoms with E-state index in [4.69, 9.17) is 27.1 Å². The van der Waals surface area contributed by atoms with Gasteiger partial charge in [0, 0.05) is 49.6 Å². The molecule has 0 aliphatic carbocycles. The number of carbonyl (C=O) groups excluding carboxylic acids is 1. The van der Waals surface area contributed by atoms with E-state index in [0.29, 0.717) is 35.8 Å². The lowest BCUT2D eigenvalue weighted by molar-refractivity contribution is 0.175. The molecule has 10 nitrogen and oxygen atoms in total. The quantitative estimate of drug-likeness (QED) is 0.309. The Morgan fingerprint density at radius 2 is 1.98 bits per heavy atom. The number of ether oxygens (including phenoxy) is 1. The lowest BCUT2D eigenvalue weighted by Gasteiger charge is -2.40. The number of amides is 2. The highest BCUT2D eigenvalue weighted by Crippen LogP contribution is 2.42. The molecule has 6 rings (SSSR count). The van der Waals surface area contributed by atoms with Crippen LogP contribution in [0.25, 0.3) is 32.8 Å². The number of nitriles is 1. The number of hydrogen-bond acceptors (Lipinski definition) is 8. The van der Waals surface area contributed by atoms with Gasteiger partial charge in [0.05, 0.1) is 30.2 Å². The van der Waals surface area contributed by atoms with E-state index in [0.717, 1.165) is 23.9 Å². The van der Waals surface area contributed by atoms with Crippen molar-refractivity contribution in [2.24, 2.45) is 17.6 Å². The molecule has 2 aliphatic rings. The Kier molecular flexibility index (Phi) is 8.05. The molecule has 0 saturated carbocycles. The zero-order chi connectivity index (χ0) is 31.1. The molecule has 3 heterocycles. The summed E-state index contributed by atoms with van der Waals surface area (Å²) in [6.07, 6.45) is 0.0722. The summed E-state index contributed by atoms with van der Waals surface area (Å²) in [7, 11) is 2.07. The van der Waals surface area contributed by atoms with Gasteiger partial charge in [0.2, 0.25) is 0 Å². The third-order valence-electron chi connectivity index (χ3n) is 8.73. The van der Waals surface area contributed by atoms with Crippen LogP contribution in [0.2, 0.25) is 5.02 Å². The van der Waals surface area contributed by atoms with Crippen LogP contribution in [0.1, 0.15) is 13.3 Å². The molecule has 2 amide bonds. The second-order valence-electron chi connectivity index (χ2n) is 11.8. The number of benzene rings is 3. The van der Waals surface area contributed by atoms with Crippen LogP contribution in [0.4, 0.5) is 15.0 Å². The van der Waals surface area contributed by atoms with Crippen molar-refractivity contribution in [2.75, 3.05) is 51.3 Å². The summed E-state index contributed by atoms with van der Waals surface area (Å²) in [6, 6.07) is 13.2. The van der Waals surface area contributed by atoms with E-state index in [-0.39, 0.29) is 53.3 Å². The minimum absolute atomic E-state index is 0.0163. The Hall–Kier alpha value is -4.40. The first-order chi connectivity index (χ1) is 21.1. The van der Waals surface area contributed by atoms with Crippen molar-refractivity contribution >= 4 is 45.1 Å². The number of piperazine rings is 1. The first-order valence-electron chi connectivity index (χ1n) is 14.6. The van der Waals surface area contributed by atoms with Crippen molar-refractivity contribution < 1.29 is 19.0 Å². The highest BCUT2D eigenvalue weighted by atomic mass is 35.5. The second kappa shape index (κ2) is 11.9. The number of urea groups is 1. The van der Waals surface area contributed by atoms with Crippen molar-refractivity contribution in [3.05, 3.63) is 53.3 Å². The Balaban J connectivity index is 1.49. The number of aromatic nitrogens is 2. The summed E-state index contributed by atoms with van der Waals surface area (Å²) in [6.45, 7) is 5.22. The summed E-state index contributed by atoms with van der Waals surface area (Å²) in [5.41, 5.74) is 6.15. The average Bonchev–Trinajstić information content (AvgIpc) is 3.32. The van der Waals surface area contributed by atoms with Crippen molar-refractivity contribution in [1.82, 2.24) is 19.8 Å². The molecule has 0 bridgehead atoms. The van der Waals surface area contributed by atoms with E-state index in [1.807, 2.05) is 29.2 Å². The number of primary amides is 1. The maximum atomic E-state index is 16.8. The van der Waals surface area contributed by atoms with Crippen LogP contribution in [0, 0.1) is 29.0 Å². The number of rotatable bonds is 6. The lowest BCUT2D eigenvalue weighted by Crippen LogP contribution is -2.56.